The van der Waals surface area contributed by atoms with Crippen LogP contribution >= 0.6 is 11.6 Å². The summed E-state index contributed by atoms with van der Waals surface area (Å²) in [4.78, 5) is 1.23. The van der Waals surface area contributed by atoms with Crippen molar-refractivity contribution in [3.05, 3.63) is 36.7 Å². The van der Waals surface area contributed by atoms with Crippen molar-refractivity contribution in [2.75, 3.05) is 0 Å². The van der Waals surface area contributed by atoms with E-state index in [1.165, 1.54) is 4.90 Å². The molecule has 2 radical (unpaired) electrons. The first kappa shape index (κ1) is 10.3. The molecule has 3 nitrogen and oxygen atoms in total. The van der Waals surface area contributed by atoms with E-state index in [0.717, 1.165) is 5.72 Å². The Morgan fingerprint density at radius 1 is 1.33 bits per heavy atom. The maximum absolute atomic E-state index is 4.16. The Morgan fingerprint density at radius 3 is 2.67 bits per heavy atom. The zero-order valence-electron chi connectivity index (χ0n) is 8.79. The van der Waals surface area contributed by atoms with E-state index < -0.39 is 0 Å². The molecule has 0 aliphatic carbocycles. The highest BCUT2D eigenvalue weighted by Gasteiger charge is 1.99. The van der Waals surface area contributed by atoms with Crippen LogP contribution < -0.4 is 10.3 Å². The molecule has 0 spiro atoms. The summed E-state index contributed by atoms with van der Waals surface area (Å²) in [6, 6.07) is 10.3. The lowest BCUT2D eigenvalue weighted by atomic mass is 10.1. The number of benzene rings is 1. The largest absolute Gasteiger partial charge is 0.406 e. The normalized spacial score (nSPS) is 10.5. The molecule has 0 saturated heterocycles. The van der Waals surface area contributed by atoms with Crippen molar-refractivity contribution in [3.8, 4) is 0 Å². The van der Waals surface area contributed by atoms with Gasteiger partial charge < -0.3 is 11.6 Å². The minimum atomic E-state index is 1.09. The smallest absolute Gasteiger partial charge is 0.261 e. The Bertz CT molecular complexity index is 422. The first-order valence-electron chi connectivity index (χ1n) is 4.70. The fraction of sp³-hybridized carbons (Fsp3) is 0.200. The fourth-order valence-corrected chi connectivity index (χ4v) is 2.16. The summed E-state index contributed by atoms with van der Waals surface area (Å²) >= 11 is 1.70. The number of hydrogen-bond acceptors (Lipinski definition) is 2. The third-order valence-corrected chi connectivity index (χ3v) is 3.01. The van der Waals surface area contributed by atoms with E-state index >= 15 is 0 Å². The lowest BCUT2D eigenvalue weighted by Crippen LogP contribution is -2.48. The molecule has 5 heteroatoms. The molecule has 1 aromatic carbocycles. The number of nitrogens with zero attached hydrogens (tertiary/aromatic N) is 3. The molecular formula is C10H12BN3S. The number of rotatable bonds is 3. The summed E-state index contributed by atoms with van der Waals surface area (Å²) in [6.45, 7) is 2.10. The van der Waals surface area contributed by atoms with Gasteiger partial charge in [-0.2, -0.15) is 4.68 Å². The second-order valence-corrected chi connectivity index (χ2v) is 4.22. The average Bonchev–Trinajstić information content (AvgIpc) is 2.58. The quantitative estimate of drug-likeness (QED) is 0.544. The molecule has 0 unspecified atom stereocenters. The van der Waals surface area contributed by atoms with Crippen molar-refractivity contribution < 1.29 is 4.57 Å². The molecule has 76 valence electrons. The Morgan fingerprint density at radius 2 is 2.07 bits per heavy atom. The number of aryl methyl sites for hydroxylation is 2. The molecule has 0 amide bonds. The van der Waals surface area contributed by atoms with Gasteiger partial charge in [-0.1, -0.05) is 30.3 Å². The minimum absolute atomic E-state index is 1.09. The third kappa shape index (κ3) is 2.42. The van der Waals surface area contributed by atoms with Crippen LogP contribution in [-0.2, 0) is 14.1 Å². The second-order valence-electron chi connectivity index (χ2n) is 3.27. The zero-order chi connectivity index (χ0) is 10.7. The summed E-state index contributed by atoms with van der Waals surface area (Å²) in [5, 5.41) is 4.16. The highest BCUT2D eigenvalue weighted by atomic mass is 32.2. The van der Waals surface area contributed by atoms with Gasteiger partial charge in [-0.3, -0.25) is 4.57 Å². The van der Waals surface area contributed by atoms with Gasteiger partial charge in [0.05, 0.1) is 14.1 Å². The van der Waals surface area contributed by atoms with Gasteiger partial charge in [-0.05, 0) is 4.90 Å². The van der Waals surface area contributed by atoms with Gasteiger partial charge in [0.2, 0.25) is 0 Å². The highest BCUT2D eigenvalue weighted by Crippen LogP contribution is 2.13. The SMILES string of the molecule is Cn1nc[n+](C)c1[B-]Sc1ccccc1. The van der Waals surface area contributed by atoms with Crippen LogP contribution in [0, 0.1) is 0 Å². The van der Waals surface area contributed by atoms with Crippen LogP contribution in [0.5, 0.6) is 0 Å². The Hall–Kier alpha value is -1.23. The fourth-order valence-electron chi connectivity index (χ4n) is 1.28. The van der Waals surface area contributed by atoms with Crippen molar-refractivity contribution in [1.29, 1.82) is 0 Å². The monoisotopic (exact) mass is 217 g/mol. The molecule has 0 bridgehead atoms. The zero-order valence-corrected chi connectivity index (χ0v) is 9.61. The van der Waals surface area contributed by atoms with E-state index in [1.54, 1.807) is 17.9 Å². The van der Waals surface area contributed by atoms with E-state index in [-0.39, 0.29) is 0 Å². The Balaban J connectivity index is 2.05. The average molecular weight is 217 g/mol. The lowest BCUT2D eigenvalue weighted by Gasteiger charge is -2.13. The van der Waals surface area contributed by atoms with Gasteiger partial charge in [0.1, 0.15) is 0 Å². The van der Waals surface area contributed by atoms with E-state index in [1.807, 2.05) is 41.5 Å². The van der Waals surface area contributed by atoms with Gasteiger partial charge in [0.25, 0.3) is 6.33 Å². The van der Waals surface area contributed by atoms with Crippen LogP contribution in [0.4, 0.5) is 0 Å². The molecule has 0 fully saturated rings. The molecule has 0 aliphatic rings. The molecular weight excluding hydrogens is 205 g/mol. The van der Waals surface area contributed by atoms with E-state index in [9.17, 15) is 0 Å². The Labute approximate surface area is 94.3 Å². The Kier molecular flexibility index (Phi) is 3.11. The van der Waals surface area contributed by atoms with E-state index in [0.29, 0.717) is 0 Å². The maximum Gasteiger partial charge on any atom is 0.261 e. The molecule has 1 heterocycles. The third-order valence-electron chi connectivity index (χ3n) is 2.13. The van der Waals surface area contributed by atoms with Crippen molar-refractivity contribution in [1.82, 2.24) is 9.78 Å². The van der Waals surface area contributed by atoms with Gasteiger partial charge >= 0.3 is 0 Å². The predicted molar refractivity (Wildman–Crippen MR) is 62.1 cm³/mol. The van der Waals surface area contributed by atoms with Crippen molar-refractivity contribution >= 4 is 23.9 Å². The standard InChI is InChI=1S/C10H12BN3S/c1-13-8-12-14(2)10(13)11-15-9-6-4-3-5-7-9/h3-8H,1-2H3. The van der Waals surface area contributed by atoms with Crippen LogP contribution in [0.3, 0.4) is 0 Å². The minimum Gasteiger partial charge on any atom is -0.406 e. The van der Waals surface area contributed by atoms with Crippen LogP contribution in [0.2, 0.25) is 0 Å². The highest BCUT2D eigenvalue weighted by molar-refractivity contribution is 8.23. The second kappa shape index (κ2) is 4.53. The maximum atomic E-state index is 4.16. The van der Waals surface area contributed by atoms with Gasteiger partial charge in [-0.15, -0.1) is 6.56 Å². The summed E-state index contributed by atoms with van der Waals surface area (Å²) in [5.41, 5.74) is 1.09. The molecule has 2 rings (SSSR count). The van der Waals surface area contributed by atoms with Crippen LogP contribution in [-0.4, -0.2) is 16.3 Å². The van der Waals surface area contributed by atoms with E-state index in [4.69, 9.17) is 0 Å². The van der Waals surface area contributed by atoms with Crippen LogP contribution in [0.1, 0.15) is 0 Å². The summed E-state index contributed by atoms with van der Waals surface area (Å²) in [5.74, 6) is 0. The number of aromatic nitrogens is 3. The summed E-state index contributed by atoms with van der Waals surface area (Å²) in [6.07, 6.45) is 1.80. The molecule has 0 saturated carbocycles. The van der Waals surface area contributed by atoms with Crippen molar-refractivity contribution in [2.24, 2.45) is 14.1 Å². The topological polar surface area (TPSA) is 21.7 Å². The van der Waals surface area contributed by atoms with Gasteiger partial charge in [0, 0.05) is 10.8 Å². The molecule has 0 N–H and O–H groups in total. The van der Waals surface area contributed by atoms with Crippen molar-refractivity contribution in [2.45, 2.75) is 4.90 Å². The molecule has 0 atom stereocenters. The van der Waals surface area contributed by atoms with Crippen LogP contribution in [0.15, 0.2) is 41.6 Å². The molecule has 0 aliphatic heterocycles. The summed E-state index contributed by atoms with van der Waals surface area (Å²) < 4.78 is 3.85. The van der Waals surface area contributed by atoms with Crippen LogP contribution in [0.25, 0.3) is 0 Å². The number of hydrogen-bond donors (Lipinski definition) is 0. The summed E-state index contributed by atoms with van der Waals surface area (Å²) in [7, 11) is 3.93. The molecule has 2 aromatic rings. The molecule has 15 heavy (non-hydrogen) atoms. The predicted octanol–water partition coefficient (Wildman–Crippen LogP) is 0.281. The van der Waals surface area contributed by atoms with Gasteiger partial charge in [0.15, 0.2) is 0 Å². The first-order chi connectivity index (χ1) is 7.27. The molecule has 1 aromatic heterocycles. The first-order valence-corrected chi connectivity index (χ1v) is 5.58. The van der Waals surface area contributed by atoms with E-state index in [2.05, 4.69) is 23.8 Å². The van der Waals surface area contributed by atoms with Crippen molar-refractivity contribution in [3.63, 3.8) is 0 Å². The lowest BCUT2D eigenvalue weighted by molar-refractivity contribution is -0.654. The van der Waals surface area contributed by atoms with Gasteiger partial charge in [-0.25, -0.2) is 0 Å².